The maximum absolute atomic E-state index is 5.75. The SMILES string of the molecule is CC1(C)O[C@H]2C=CC(N)[C@H]2O1. The fourth-order valence-electron chi connectivity index (χ4n) is 1.61. The van der Waals surface area contributed by atoms with Crippen molar-refractivity contribution in [3.63, 3.8) is 0 Å². The molecule has 2 aliphatic rings. The molecule has 0 saturated carbocycles. The van der Waals surface area contributed by atoms with E-state index in [2.05, 4.69) is 0 Å². The maximum Gasteiger partial charge on any atom is 0.164 e. The standard InChI is InChI=1S/C8H13NO2/c1-8(2)10-6-4-3-5(9)7(6)11-8/h3-7H,9H2,1-2H3/t5?,6-,7+/m0/s1. The van der Waals surface area contributed by atoms with Gasteiger partial charge in [0.05, 0.1) is 6.04 Å². The zero-order valence-electron chi connectivity index (χ0n) is 6.78. The maximum atomic E-state index is 5.75. The highest BCUT2D eigenvalue weighted by atomic mass is 16.8. The van der Waals surface area contributed by atoms with Crippen LogP contribution in [0.4, 0.5) is 0 Å². The molecular formula is C8H13NO2. The Kier molecular flexibility index (Phi) is 1.36. The molecule has 1 unspecified atom stereocenters. The fraction of sp³-hybridized carbons (Fsp3) is 0.750. The largest absolute Gasteiger partial charge is 0.342 e. The van der Waals surface area contributed by atoms with Crippen LogP contribution >= 0.6 is 0 Å². The van der Waals surface area contributed by atoms with Crippen LogP contribution in [-0.4, -0.2) is 24.0 Å². The third-order valence-electron chi connectivity index (χ3n) is 2.07. The molecule has 1 saturated heterocycles. The Hall–Kier alpha value is -0.380. The number of nitrogens with two attached hydrogens (primary N) is 1. The average Bonchev–Trinajstić information content (AvgIpc) is 2.31. The summed E-state index contributed by atoms with van der Waals surface area (Å²) < 4.78 is 11.1. The molecule has 0 aromatic heterocycles. The zero-order valence-corrected chi connectivity index (χ0v) is 6.78. The Labute approximate surface area is 66.2 Å². The van der Waals surface area contributed by atoms with Crippen LogP contribution in [0.2, 0.25) is 0 Å². The van der Waals surface area contributed by atoms with Crippen LogP contribution in [-0.2, 0) is 9.47 Å². The van der Waals surface area contributed by atoms with E-state index in [9.17, 15) is 0 Å². The van der Waals surface area contributed by atoms with E-state index in [1.165, 1.54) is 0 Å². The monoisotopic (exact) mass is 155 g/mol. The lowest BCUT2D eigenvalue weighted by Gasteiger charge is -2.18. The second kappa shape index (κ2) is 2.06. The minimum absolute atomic E-state index is 0.00164. The summed E-state index contributed by atoms with van der Waals surface area (Å²) in [6.45, 7) is 3.82. The predicted molar refractivity (Wildman–Crippen MR) is 40.9 cm³/mol. The fourth-order valence-corrected chi connectivity index (χ4v) is 1.61. The van der Waals surface area contributed by atoms with Crippen molar-refractivity contribution in [2.45, 2.75) is 37.9 Å². The highest BCUT2D eigenvalue weighted by molar-refractivity contribution is 5.14. The first-order chi connectivity index (χ1) is 5.08. The van der Waals surface area contributed by atoms with Crippen molar-refractivity contribution in [3.05, 3.63) is 12.2 Å². The molecule has 0 aromatic carbocycles. The summed E-state index contributed by atoms with van der Waals surface area (Å²) in [6, 6.07) is 0.00164. The van der Waals surface area contributed by atoms with Crippen LogP contribution in [0.15, 0.2) is 12.2 Å². The summed E-state index contributed by atoms with van der Waals surface area (Å²) in [5, 5.41) is 0. The van der Waals surface area contributed by atoms with Gasteiger partial charge in [-0.05, 0) is 13.8 Å². The van der Waals surface area contributed by atoms with Crippen molar-refractivity contribution in [1.29, 1.82) is 0 Å². The quantitative estimate of drug-likeness (QED) is 0.515. The third kappa shape index (κ3) is 1.09. The molecule has 0 radical (unpaired) electrons. The van der Waals surface area contributed by atoms with Crippen molar-refractivity contribution in [2.75, 3.05) is 0 Å². The first-order valence-corrected chi connectivity index (χ1v) is 3.88. The van der Waals surface area contributed by atoms with Crippen molar-refractivity contribution < 1.29 is 9.47 Å². The van der Waals surface area contributed by atoms with Gasteiger partial charge in [0.1, 0.15) is 12.2 Å². The molecule has 2 N–H and O–H groups in total. The smallest absolute Gasteiger partial charge is 0.164 e. The molecule has 3 atom stereocenters. The molecule has 62 valence electrons. The molecule has 1 aliphatic heterocycles. The van der Waals surface area contributed by atoms with Crippen LogP contribution < -0.4 is 5.73 Å². The lowest BCUT2D eigenvalue weighted by atomic mass is 10.2. The van der Waals surface area contributed by atoms with Gasteiger partial charge in [0.25, 0.3) is 0 Å². The molecule has 0 spiro atoms. The third-order valence-corrected chi connectivity index (χ3v) is 2.07. The van der Waals surface area contributed by atoms with Crippen molar-refractivity contribution in [1.82, 2.24) is 0 Å². The Morgan fingerprint density at radius 3 is 2.64 bits per heavy atom. The van der Waals surface area contributed by atoms with E-state index in [4.69, 9.17) is 15.2 Å². The Morgan fingerprint density at radius 1 is 1.27 bits per heavy atom. The van der Waals surface area contributed by atoms with Gasteiger partial charge < -0.3 is 15.2 Å². The van der Waals surface area contributed by atoms with Gasteiger partial charge >= 0.3 is 0 Å². The van der Waals surface area contributed by atoms with Crippen LogP contribution in [0.1, 0.15) is 13.8 Å². The predicted octanol–water partition coefficient (Wildman–Crippen LogP) is 0.404. The summed E-state index contributed by atoms with van der Waals surface area (Å²) in [7, 11) is 0. The number of hydrogen-bond donors (Lipinski definition) is 1. The van der Waals surface area contributed by atoms with Gasteiger partial charge in [-0.1, -0.05) is 12.2 Å². The van der Waals surface area contributed by atoms with Crippen LogP contribution in [0.25, 0.3) is 0 Å². The van der Waals surface area contributed by atoms with Gasteiger partial charge in [-0.2, -0.15) is 0 Å². The molecule has 1 heterocycles. The zero-order chi connectivity index (χ0) is 8.06. The van der Waals surface area contributed by atoms with E-state index >= 15 is 0 Å². The van der Waals surface area contributed by atoms with Crippen LogP contribution in [0, 0.1) is 0 Å². The molecule has 0 amide bonds. The second-order valence-electron chi connectivity index (χ2n) is 3.53. The summed E-state index contributed by atoms with van der Waals surface area (Å²) in [6.07, 6.45) is 4.01. The first kappa shape index (κ1) is 7.28. The summed E-state index contributed by atoms with van der Waals surface area (Å²) in [4.78, 5) is 0. The molecular weight excluding hydrogens is 142 g/mol. The molecule has 0 bridgehead atoms. The minimum atomic E-state index is -0.461. The van der Waals surface area contributed by atoms with E-state index in [1.807, 2.05) is 26.0 Å². The van der Waals surface area contributed by atoms with Crippen molar-refractivity contribution in [2.24, 2.45) is 5.73 Å². The molecule has 1 aliphatic carbocycles. The van der Waals surface area contributed by atoms with E-state index in [0.717, 1.165) is 0 Å². The number of fused-ring (bicyclic) bond motifs is 1. The molecule has 1 fully saturated rings. The number of ether oxygens (including phenoxy) is 2. The number of hydrogen-bond acceptors (Lipinski definition) is 3. The molecule has 2 rings (SSSR count). The topological polar surface area (TPSA) is 44.5 Å². The Bertz CT molecular complexity index is 200. The molecule has 3 nitrogen and oxygen atoms in total. The Morgan fingerprint density at radius 2 is 2.00 bits per heavy atom. The molecule has 0 aromatic rings. The first-order valence-electron chi connectivity index (χ1n) is 3.88. The van der Waals surface area contributed by atoms with Gasteiger partial charge in [0, 0.05) is 0 Å². The van der Waals surface area contributed by atoms with Crippen molar-refractivity contribution in [3.8, 4) is 0 Å². The minimum Gasteiger partial charge on any atom is -0.342 e. The highest BCUT2D eigenvalue weighted by Crippen LogP contribution is 2.33. The Balaban J connectivity index is 2.15. The van der Waals surface area contributed by atoms with Crippen molar-refractivity contribution >= 4 is 0 Å². The normalized spacial score (nSPS) is 46.3. The van der Waals surface area contributed by atoms with Crippen LogP contribution in [0.5, 0.6) is 0 Å². The molecule has 3 heteroatoms. The van der Waals surface area contributed by atoms with Gasteiger partial charge in [-0.25, -0.2) is 0 Å². The second-order valence-corrected chi connectivity index (χ2v) is 3.53. The summed E-state index contributed by atoms with van der Waals surface area (Å²) in [5.41, 5.74) is 5.75. The molecule has 11 heavy (non-hydrogen) atoms. The van der Waals surface area contributed by atoms with E-state index in [-0.39, 0.29) is 18.2 Å². The lowest BCUT2D eigenvalue weighted by molar-refractivity contribution is -0.144. The number of rotatable bonds is 0. The highest BCUT2D eigenvalue weighted by Gasteiger charge is 2.44. The average molecular weight is 155 g/mol. The lowest BCUT2D eigenvalue weighted by Crippen LogP contribution is -2.35. The van der Waals surface area contributed by atoms with Gasteiger partial charge in [0.2, 0.25) is 0 Å². The van der Waals surface area contributed by atoms with E-state index in [1.54, 1.807) is 0 Å². The van der Waals surface area contributed by atoms with Gasteiger partial charge in [-0.3, -0.25) is 0 Å². The summed E-state index contributed by atoms with van der Waals surface area (Å²) >= 11 is 0. The van der Waals surface area contributed by atoms with E-state index < -0.39 is 5.79 Å². The summed E-state index contributed by atoms with van der Waals surface area (Å²) in [5.74, 6) is -0.461. The van der Waals surface area contributed by atoms with E-state index in [0.29, 0.717) is 0 Å². The van der Waals surface area contributed by atoms with Gasteiger partial charge in [-0.15, -0.1) is 0 Å². The van der Waals surface area contributed by atoms with Crippen LogP contribution in [0.3, 0.4) is 0 Å². The van der Waals surface area contributed by atoms with Gasteiger partial charge in [0.15, 0.2) is 5.79 Å².